The second-order valence-electron chi connectivity index (χ2n) is 3.83. The third-order valence-electron chi connectivity index (χ3n) is 3.15. The number of pyridine rings is 1. The van der Waals surface area contributed by atoms with Gasteiger partial charge in [0, 0.05) is 17.2 Å². The van der Waals surface area contributed by atoms with E-state index in [2.05, 4.69) is 11.9 Å². The Hall–Kier alpha value is -0.760. The highest BCUT2D eigenvalue weighted by atomic mass is 35.5. The number of hydrogen-bond donors (Lipinski definition) is 0. The molecule has 3 heteroatoms. The first kappa shape index (κ1) is 9.78. The van der Waals surface area contributed by atoms with Crippen molar-refractivity contribution in [2.24, 2.45) is 0 Å². The molecule has 0 saturated heterocycles. The molecule has 76 valence electrons. The van der Waals surface area contributed by atoms with Crippen LogP contribution in [0.5, 0.6) is 5.75 Å². The van der Waals surface area contributed by atoms with Crippen LogP contribution in [0.1, 0.15) is 31.7 Å². The molecule has 1 aliphatic carbocycles. The van der Waals surface area contributed by atoms with Gasteiger partial charge in [-0.25, -0.2) is 0 Å². The number of hydrogen-bond acceptors (Lipinski definition) is 2. The van der Waals surface area contributed by atoms with Gasteiger partial charge in [-0.3, -0.25) is 4.98 Å². The summed E-state index contributed by atoms with van der Waals surface area (Å²) in [6.45, 7) is 2.20. The number of rotatable bonds is 3. The van der Waals surface area contributed by atoms with E-state index in [9.17, 15) is 0 Å². The number of methoxy groups -OCH3 is 1. The van der Waals surface area contributed by atoms with Crippen molar-refractivity contribution in [3.63, 3.8) is 0 Å². The molecule has 0 aromatic carbocycles. The van der Waals surface area contributed by atoms with Gasteiger partial charge in [0.25, 0.3) is 0 Å². The lowest BCUT2D eigenvalue weighted by molar-refractivity contribution is 0.401. The van der Waals surface area contributed by atoms with Gasteiger partial charge in [-0.05, 0) is 19.3 Å². The van der Waals surface area contributed by atoms with Crippen molar-refractivity contribution in [1.82, 2.24) is 4.98 Å². The molecular weight excluding hydrogens is 198 g/mol. The normalized spacial score (nSPS) is 17.9. The number of aromatic nitrogens is 1. The average Bonchev–Trinajstić information content (AvgIpc) is 2.98. The van der Waals surface area contributed by atoms with Crippen molar-refractivity contribution >= 4 is 11.6 Å². The summed E-state index contributed by atoms with van der Waals surface area (Å²) < 4.78 is 5.31. The Balaban J connectivity index is 2.50. The maximum Gasteiger partial charge on any atom is 0.142 e. The van der Waals surface area contributed by atoms with Crippen molar-refractivity contribution in [2.45, 2.75) is 31.6 Å². The SMILES string of the molecule is CCC1(c2c(Cl)cncc2OC)CC1. The quantitative estimate of drug-likeness (QED) is 0.766. The Morgan fingerprint density at radius 1 is 1.50 bits per heavy atom. The van der Waals surface area contributed by atoms with Crippen LogP contribution in [0.4, 0.5) is 0 Å². The fourth-order valence-electron chi connectivity index (χ4n) is 2.02. The van der Waals surface area contributed by atoms with Crippen molar-refractivity contribution in [1.29, 1.82) is 0 Å². The average molecular weight is 212 g/mol. The second kappa shape index (κ2) is 3.43. The minimum absolute atomic E-state index is 0.269. The van der Waals surface area contributed by atoms with E-state index in [1.807, 2.05) is 0 Å². The van der Waals surface area contributed by atoms with Crippen molar-refractivity contribution in [2.75, 3.05) is 7.11 Å². The molecule has 0 atom stereocenters. The summed E-state index contributed by atoms with van der Waals surface area (Å²) in [6, 6.07) is 0. The van der Waals surface area contributed by atoms with Gasteiger partial charge in [0.15, 0.2) is 0 Å². The van der Waals surface area contributed by atoms with Crippen molar-refractivity contribution in [3.05, 3.63) is 23.0 Å². The summed E-state index contributed by atoms with van der Waals surface area (Å²) in [6.07, 6.45) is 6.99. The van der Waals surface area contributed by atoms with E-state index in [1.165, 1.54) is 12.8 Å². The van der Waals surface area contributed by atoms with E-state index in [1.54, 1.807) is 19.5 Å². The van der Waals surface area contributed by atoms with E-state index in [0.29, 0.717) is 0 Å². The predicted octanol–water partition coefficient (Wildman–Crippen LogP) is 3.19. The summed E-state index contributed by atoms with van der Waals surface area (Å²) in [5.41, 5.74) is 1.42. The molecule has 0 bridgehead atoms. The first-order valence-electron chi connectivity index (χ1n) is 4.91. The Morgan fingerprint density at radius 3 is 2.71 bits per heavy atom. The van der Waals surface area contributed by atoms with Crippen LogP contribution in [0.15, 0.2) is 12.4 Å². The van der Waals surface area contributed by atoms with Crippen molar-refractivity contribution in [3.8, 4) is 5.75 Å². The lowest BCUT2D eigenvalue weighted by Gasteiger charge is -2.17. The zero-order valence-electron chi connectivity index (χ0n) is 8.51. The summed E-state index contributed by atoms with van der Waals surface area (Å²) in [5.74, 6) is 0.830. The van der Waals surface area contributed by atoms with Gasteiger partial charge in [-0.15, -0.1) is 0 Å². The van der Waals surface area contributed by atoms with E-state index in [-0.39, 0.29) is 5.41 Å². The maximum atomic E-state index is 6.17. The van der Waals surface area contributed by atoms with Crippen LogP contribution in [-0.2, 0) is 5.41 Å². The van der Waals surface area contributed by atoms with E-state index < -0.39 is 0 Å². The molecule has 1 aliphatic rings. The summed E-state index contributed by atoms with van der Waals surface area (Å²) in [4.78, 5) is 4.03. The largest absolute Gasteiger partial charge is 0.495 e. The standard InChI is InChI=1S/C11H14ClNO/c1-3-11(4-5-11)10-8(12)6-13-7-9(10)14-2/h6-7H,3-5H2,1-2H3. The van der Waals surface area contributed by atoms with Gasteiger partial charge in [0.1, 0.15) is 5.75 Å². The zero-order valence-corrected chi connectivity index (χ0v) is 9.27. The number of halogens is 1. The molecule has 0 radical (unpaired) electrons. The fraction of sp³-hybridized carbons (Fsp3) is 0.545. The molecule has 14 heavy (non-hydrogen) atoms. The molecule has 1 aromatic rings. The van der Waals surface area contributed by atoms with E-state index in [0.717, 1.165) is 22.8 Å². The van der Waals surface area contributed by atoms with Crippen LogP contribution in [-0.4, -0.2) is 12.1 Å². The van der Waals surface area contributed by atoms with E-state index in [4.69, 9.17) is 16.3 Å². The van der Waals surface area contributed by atoms with Gasteiger partial charge in [0.05, 0.1) is 18.3 Å². The molecule has 2 rings (SSSR count). The molecule has 0 aliphatic heterocycles. The van der Waals surface area contributed by atoms with Gasteiger partial charge in [-0.2, -0.15) is 0 Å². The third kappa shape index (κ3) is 1.38. The molecule has 1 heterocycles. The maximum absolute atomic E-state index is 6.17. The Morgan fingerprint density at radius 2 is 2.21 bits per heavy atom. The second-order valence-corrected chi connectivity index (χ2v) is 4.24. The highest BCUT2D eigenvalue weighted by molar-refractivity contribution is 6.31. The number of nitrogens with zero attached hydrogens (tertiary/aromatic N) is 1. The topological polar surface area (TPSA) is 22.1 Å². The molecule has 0 unspecified atom stereocenters. The summed E-state index contributed by atoms with van der Waals surface area (Å²) >= 11 is 6.17. The zero-order chi connectivity index (χ0) is 10.2. The molecular formula is C11H14ClNO. The third-order valence-corrected chi connectivity index (χ3v) is 3.43. The van der Waals surface area contributed by atoms with Crippen LogP contribution in [0.2, 0.25) is 5.02 Å². The molecule has 1 aromatic heterocycles. The summed E-state index contributed by atoms with van der Waals surface area (Å²) in [7, 11) is 1.67. The molecule has 0 spiro atoms. The lowest BCUT2D eigenvalue weighted by Crippen LogP contribution is -2.08. The minimum atomic E-state index is 0.269. The first-order chi connectivity index (χ1) is 6.73. The Labute approximate surface area is 89.3 Å². The fourth-order valence-corrected chi connectivity index (χ4v) is 2.37. The molecule has 1 fully saturated rings. The monoisotopic (exact) mass is 211 g/mol. The molecule has 0 N–H and O–H groups in total. The van der Waals surface area contributed by atoms with Crippen LogP contribution in [0, 0.1) is 0 Å². The smallest absolute Gasteiger partial charge is 0.142 e. The van der Waals surface area contributed by atoms with Crippen molar-refractivity contribution < 1.29 is 4.74 Å². The number of ether oxygens (including phenoxy) is 1. The highest BCUT2D eigenvalue weighted by Crippen LogP contribution is 2.55. The summed E-state index contributed by atoms with van der Waals surface area (Å²) in [5, 5.41) is 0.740. The van der Waals surface area contributed by atoms with Gasteiger partial charge < -0.3 is 4.74 Å². The lowest BCUT2D eigenvalue weighted by atomic mass is 9.93. The minimum Gasteiger partial charge on any atom is -0.495 e. The molecule has 1 saturated carbocycles. The van der Waals surface area contributed by atoms with Crippen LogP contribution in [0.25, 0.3) is 0 Å². The first-order valence-corrected chi connectivity index (χ1v) is 5.29. The molecule has 0 amide bonds. The Bertz CT molecular complexity index is 347. The highest BCUT2D eigenvalue weighted by Gasteiger charge is 2.45. The Kier molecular flexibility index (Phi) is 2.40. The van der Waals surface area contributed by atoms with Gasteiger partial charge >= 0.3 is 0 Å². The van der Waals surface area contributed by atoms with E-state index >= 15 is 0 Å². The van der Waals surface area contributed by atoms with Crippen LogP contribution < -0.4 is 4.74 Å². The van der Waals surface area contributed by atoms with Gasteiger partial charge in [-0.1, -0.05) is 18.5 Å². The molecule has 2 nitrogen and oxygen atoms in total. The van der Waals surface area contributed by atoms with Gasteiger partial charge in [0.2, 0.25) is 0 Å². The predicted molar refractivity (Wildman–Crippen MR) is 57.0 cm³/mol. The van der Waals surface area contributed by atoms with Crippen LogP contribution >= 0.6 is 11.6 Å². The van der Waals surface area contributed by atoms with Crippen LogP contribution in [0.3, 0.4) is 0 Å².